The summed E-state index contributed by atoms with van der Waals surface area (Å²) in [5.74, 6) is 0.687. The lowest BCUT2D eigenvalue weighted by Gasteiger charge is -2.29. The van der Waals surface area contributed by atoms with E-state index in [-0.39, 0.29) is 0 Å². The quantitative estimate of drug-likeness (QED) is 0.776. The first-order chi connectivity index (χ1) is 8.11. The number of benzene rings is 1. The van der Waals surface area contributed by atoms with Crippen molar-refractivity contribution in [1.82, 2.24) is 0 Å². The van der Waals surface area contributed by atoms with E-state index in [0.717, 1.165) is 10.0 Å². The maximum Gasteiger partial charge on any atom is 0.154 e. The molecular formula is C12H16BrClO3S. The molecule has 0 fully saturated rings. The number of methoxy groups -OCH3 is 1. The summed E-state index contributed by atoms with van der Waals surface area (Å²) < 4.78 is 28.3. The molecule has 1 atom stereocenters. The number of halogens is 2. The maximum absolute atomic E-state index is 11.8. The van der Waals surface area contributed by atoms with Gasteiger partial charge in [0.1, 0.15) is 5.75 Å². The fourth-order valence-corrected chi connectivity index (χ4v) is 3.30. The monoisotopic (exact) mass is 354 g/mol. The topological polar surface area (TPSA) is 43.4 Å². The Morgan fingerprint density at radius 3 is 2.33 bits per heavy atom. The Labute approximate surface area is 122 Å². The van der Waals surface area contributed by atoms with Crippen LogP contribution in [0.15, 0.2) is 22.7 Å². The van der Waals surface area contributed by atoms with Crippen LogP contribution in [0.5, 0.6) is 5.75 Å². The van der Waals surface area contributed by atoms with Crippen LogP contribution in [0.4, 0.5) is 0 Å². The largest absolute Gasteiger partial charge is 0.497 e. The molecule has 0 spiro atoms. The Hall–Kier alpha value is -0.260. The maximum atomic E-state index is 11.8. The van der Waals surface area contributed by atoms with E-state index < -0.39 is 20.0 Å². The predicted octanol–water partition coefficient (Wildman–Crippen LogP) is 3.56. The van der Waals surface area contributed by atoms with E-state index in [1.807, 2.05) is 0 Å². The highest BCUT2D eigenvalue weighted by atomic mass is 79.9. The van der Waals surface area contributed by atoms with Gasteiger partial charge in [0.05, 0.1) is 17.2 Å². The highest BCUT2D eigenvalue weighted by molar-refractivity contribution is 9.10. The Morgan fingerprint density at radius 1 is 1.39 bits per heavy atom. The van der Waals surface area contributed by atoms with E-state index >= 15 is 0 Å². The zero-order valence-electron chi connectivity index (χ0n) is 10.7. The summed E-state index contributed by atoms with van der Waals surface area (Å²) in [6.45, 7) is 3.24. The number of hydrogen-bond acceptors (Lipinski definition) is 3. The molecule has 0 heterocycles. The van der Waals surface area contributed by atoms with Crippen molar-refractivity contribution in [3.63, 3.8) is 0 Å². The minimum atomic E-state index is -3.27. The molecule has 0 aliphatic heterocycles. The first kappa shape index (κ1) is 15.8. The lowest BCUT2D eigenvalue weighted by atomic mass is 10.0. The van der Waals surface area contributed by atoms with Crippen LogP contribution < -0.4 is 4.74 Å². The van der Waals surface area contributed by atoms with E-state index in [1.54, 1.807) is 39.2 Å². The van der Waals surface area contributed by atoms with Crippen molar-refractivity contribution in [3.8, 4) is 5.75 Å². The molecule has 0 aliphatic carbocycles. The second kappa shape index (κ2) is 5.39. The normalized spacial score (nSPS) is 14.3. The third kappa shape index (κ3) is 3.00. The molecule has 18 heavy (non-hydrogen) atoms. The predicted molar refractivity (Wildman–Crippen MR) is 78.2 cm³/mol. The van der Waals surface area contributed by atoms with E-state index in [4.69, 9.17) is 16.3 Å². The van der Waals surface area contributed by atoms with Crippen LogP contribution in [0.2, 0.25) is 0 Å². The Bertz CT molecular complexity index is 540. The first-order valence-corrected chi connectivity index (χ1v) is 8.40. The van der Waals surface area contributed by atoms with Gasteiger partial charge in [-0.2, -0.15) is 0 Å². The minimum absolute atomic E-state index is 0.646. The highest BCUT2D eigenvalue weighted by Crippen LogP contribution is 2.41. The van der Waals surface area contributed by atoms with Gasteiger partial charge in [-0.25, -0.2) is 8.42 Å². The summed E-state index contributed by atoms with van der Waals surface area (Å²) in [7, 11) is -1.70. The first-order valence-electron chi connectivity index (χ1n) is 5.28. The summed E-state index contributed by atoms with van der Waals surface area (Å²) in [5.41, 5.74) is 0.730. The molecule has 1 unspecified atom stereocenters. The smallest absolute Gasteiger partial charge is 0.154 e. The van der Waals surface area contributed by atoms with Crippen LogP contribution in [0, 0.1) is 0 Å². The van der Waals surface area contributed by atoms with Crippen molar-refractivity contribution in [3.05, 3.63) is 28.2 Å². The van der Waals surface area contributed by atoms with Crippen LogP contribution in [0.25, 0.3) is 0 Å². The van der Waals surface area contributed by atoms with Gasteiger partial charge in [0.2, 0.25) is 0 Å². The van der Waals surface area contributed by atoms with Crippen molar-refractivity contribution >= 4 is 37.4 Å². The highest BCUT2D eigenvalue weighted by Gasteiger charge is 2.39. The molecule has 0 N–H and O–H groups in total. The molecule has 102 valence electrons. The van der Waals surface area contributed by atoms with Crippen LogP contribution in [0.3, 0.4) is 0 Å². The third-order valence-corrected chi connectivity index (χ3v) is 6.79. The zero-order chi connectivity index (χ0) is 14.1. The second-order valence-corrected chi connectivity index (χ2v) is 8.51. The zero-order valence-corrected chi connectivity index (χ0v) is 13.9. The summed E-state index contributed by atoms with van der Waals surface area (Å²) in [6, 6.07) is 5.30. The summed E-state index contributed by atoms with van der Waals surface area (Å²) >= 11 is 9.72. The SMILES string of the molecule is COc1ccc(C(Cl)C(C)(C)S(C)(=O)=O)c(Br)c1. The Morgan fingerprint density at radius 2 is 1.94 bits per heavy atom. The van der Waals surface area contributed by atoms with Crippen LogP contribution in [-0.2, 0) is 9.84 Å². The molecule has 1 aromatic carbocycles. The van der Waals surface area contributed by atoms with E-state index in [1.165, 1.54) is 6.26 Å². The molecule has 0 saturated carbocycles. The fourth-order valence-electron chi connectivity index (χ4n) is 1.40. The van der Waals surface area contributed by atoms with E-state index in [2.05, 4.69) is 15.9 Å². The molecule has 3 nitrogen and oxygen atoms in total. The lowest BCUT2D eigenvalue weighted by molar-refractivity contribution is 0.414. The van der Waals surface area contributed by atoms with Gasteiger partial charge in [0.15, 0.2) is 9.84 Å². The van der Waals surface area contributed by atoms with Crippen molar-refractivity contribution in [2.75, 3.05) is 13.4 Å². The molecule has 0 saturated heterocycles. The van der Waals surface area contributed by atoms with Gasteiger partial charge < -0.3 is 4.74 Å². The molecule has 0 radical (unpaired) electrons. The Kier molecular flexibility index (Phi) is 4.73. The van der Waals surface area contributed by atoms with Crippen molar-refractivity contribution in [2.24, 2.45) is 0 Å². The molecule has 0 bridgehead atoms. The van der Waals surface area contributed by atoms with Gasteiger partial charge >= 0.3 is 0 Å². The number of rotatable bonds is 4. The molecule has 0 aromatic heterocycles. The molecule has 1 rings (SSSR count). The van der Waals surface area contributed by atoms with Gasteiger partial charge in [-0.05, 0) is 31.5 Å². The molecule has 6 heteroatoms. The fraction of sp³-hybridized carbons (Fsp3) is 0.500. The Balaban J connectivity index is 3.24. The summed E-state index contributed by atoms with van der Waals surface area (Å²) in [4.78, 5) is 0. The van der Waals surface area contributed by atoms with E-state index in [9.17, 15) is 8.42 Å². The standard InChI is InChI=1S/C12H16BrClO3S/c1-12(2,18(4,15)16)11(14)9-6-5-8(17-3)7-10(9)13/h5-7,11H,1-4H3. The molecular weight excluding hydrogens is 340 g/mol. The van der Waals surface area contributed by atoms with Crippen LogP contribution >= 0.6 is 27.5 Å². The molecule has 0 amide bonds. The average molecular weight is 356 g/mol. The van der Waals surface area contributed by atoms with Gasteiger partial charge in [0, 0.05) is 10.7 Å². The van der Waals surface area contributed by atoms with Gasteiger partial charge in [-0.1, -0.05) is 22.0 Å². The van der Waals surface area contributed by atoms with Gasteiger partial charge in [-0.15, -0.1) is 11.6 Å². The number of ether oxygens (including phenoxy) is 1. The lowest BCUT2D eigenvalue weighted by Crippen LogP contribution is -2.35. The van der Waals surface area contributed by atoms with Gasteiger partial charge in [0.25, 0.3) is 0 Å². The van der Waals surface area contributed by atoms with Gasteiger partial charge in [-0.3, -0.25) is 0 Å². The summed E-state index contributed by atoms with van der Waals surface area (Å²) in [6.07, 6.45) is 1.19. The number of alkyl halides is 1. The number of hydrogen-bond donors (Lipinski definition) is 0. The van der Waals surface area contributed by atoms with Crippen LogP contribution in [0.1, 0.15) is 24.8 Å². The second-order valence-electron chi connectivity index (χ2n) is 4.63. The van der Waals surface area contributed by atoms with Crippen LogP contribution in [-0.4, -0.2) is 26.5 Å². The minimum Gasteiger partial charge on any atom is -0.497 e. The van der Waals surface area contributed by atoms with Crippen molar-refractivity contribution < 1.29 is 13.2 Å². The molecule has 0 aliphatic rings. The molecule has 1 aromatic rings. The van der Waals surface area contributed by atoms with E-state index in [0.29, 0.717) is 5.75 Å². The third-order valence-electron chi connectivity index (χ3n) is 3.05. The van der Waals surface area contributed by atoms with Crippen molar-refractivity contribution in [2.45, 2.75) is 24.0 Å². The average Bonchev–Trinajstić information content (AvgIpc) is 2.26. The van der Waals surface area contributed by atoms with Crippen molar-refractivity contribution in [1.29, 1.82) is 0 Å². The summed E-state index contributed by atoms with van der Waals surface area (Å²) in [5, 5.41) is -0.646. The number of sulfone groups is 1.